The molecule has 1 atom stereocenters. The van der Waals surface area contributed by atoms with Crippen LogP contribution < -0.4 is 22.0 Å². The number of amides is 1. The quantitative estimate of drug-likeness (QED) is 0.280. The summed E-state index contributed by atoms with van der Waals surface area (Å²) in [6.07, 6.45) is 5.00. The lowest BCUT2D eigenvalue weighted by Crippen LogP contribution is -2.37. The van der Waals surface area contributed by atoms with E-state index in [1.807, 2.05) is 37.4 Å². The van der Waals surface area contributed by atoms with Gasteiger partial charge in [-0.2, -0.15) is 5.10 Å². The molecule has 0 fully saturated rings. The van der Waals surface area contributed by atoms with Crippen molar-refractivity contribution in [1.82, 2.24) is 39.4 Å². The lowest BCUT2D eigenvalue weighted by Gasteiger charge is -2.20. The Morgan fingerprint density at radius 1 is 1.00 bits per heavy atom. The summed E-state index contributed by atoms with van der Waals surface area (Å²) in [5, 5.41) is 11.7. The number of fused-ring (bicyclic) bond motifs is 2. The van der Waals surface area contributed by atoms with Gasteiger partial charge < -0.3 is 11.1 Å². The number of carbonyl (C=O) groups is 1. The van der Waals surface area contributed by atoms with Crippen LogP contribution in [0.4, 0.5) is 11.5 Å². The standard InChI is InChI=1S/C29H24N10O2/c1-18(32-28(40)24-25(30)36-38-16-7-15-31-27(24)38)26-33-22-11-6-8-19(12-13-21-14-17-37(2)34-21)23(22)29(41)39(26)35-20-9-4-3-5-10-20/h3-11,14-18,35H,1-2H3,(H2,30,36)(H,32,40). The van der Waals surface area contributed by atoms with Crippen LogP contribution in [0.3, 0.4) is 0 Å². The molecule has 0 spiro atoms. The second-order valence-corrected chi connectivity index (χ2v) is 9.26. The van der Waals surface area contributed by atoms with Gasteiger partial charge in [0.15, 0.2) is 17.3 Å². The van der Waals surface area contributed by atoms with E-state index in [1.54, 1.807) is 60.5 Å². The summed E-state index contributed by atoms with van der Waals surface area (Å²) >= 11 is 0. The number of para-hydroxylation sites is 1. The van der Waals surface area contributed by atoms with Gasteiger partial charge in [0.25, 0.3) is 11.5 Å². The minimum Gasteiger partial charge on any atom is -0.381 e. The molecule has 1 amide bonds. The first kappa shape index (κ1) is 25.3. The summed E-state index contributed by atoms with van der Waals surface area (Å²) in [7, 11) is 1.81. The van der Waals surface area contributed by atoms with Gasteiger partial charge in [-0.1, -0.05) is 30.2 Å². The normalized spacial score (nSPS) is 11.7. The molecule has 0 bridgehead atoms. The van der Waals surface area contributed by atoms with Gasteiger partial charge in [0.1, 0.15) is 11.3 Å². The lowest BCUT2D eigenvalue weighted by molar-refractivity contribution is 0.0940. The van der Waals surface area contributed by atoms with E-state index in [-0.39, 0.29) is 22.8 Å². The molecule has 4 N–H and O–H groups in total. The Morgan fingerprint density at radius 2 is 1.83 bits per heavy atom. The van der Waals surface area contributed by atoms with E-state index in [2.05, 4.69) is 37.8 Å². The van der Waals surface area contributed by atoms with Gasteiger partial charge in [0.05, 0.1) is 22.6 Å². The van der Waals surface area contributed by atoms with Gasteiger partial charge in [-0.25, -0.2) is 19.2 Å². The summed E-state index contributed by atoms with van der Waals surface area (Å²) < 4.78 is 4.42. The fourth-order valence-electron chi connectivity index (χ4n) is 4.46. The summed E-state index contributed by atoms with van der Waals surface area (Å²) in [6, 6.07) is 17.2. The van der Waals surface area contributed by atoms with Crippen molar-refractivity contribution in [3.05, 3.63) is 112 Å². The first-order valence-corrected chi connectivity index (χ1v) is 12.7. The number of nitrogens with two attached hydrogens (primary N) is 1. The van der Waals surface area contributed by atoms with Crippen LogP contribution >= 0.6 is 0 Å². The maximum atomic E-state index is 14.1. The van der Waals surface area contributed by atoms with Crippen LogP contribution in [0.25, 0.3) is 16.6 Å². The van der Waals surface area contributed by atoms with Gasteiger partial charge in [-0.05, 0) is 49.2 Å². The number of aromatic nitrogens is 7. The van der Waals surface area contributed by atoms with Crippen LogP contribution in [0.2, 0.25) is 0 Å². The van der Waals surface area contributed by atoms with Crippen LogP contribution in [0.15, 0.2) is 84.0 Å². The van der Waals surface area contributed by atoms with Crippen molar-refractivity contribution in [2.24, 2.45) is 7.05 Å². The van der Waals surface area contributed by atoms with Crippen LogP contribution in [-0.4, -0.2) is 39.9 Å². The number of hydrogen-bond donors (Lipinski definition) is 3. The molecule has 0 radical (unpaired) electrons. The third-order valence-electron chi connectivity index (χ3n) is 6.36. The molecule has 2 aromatic carbocycles. The minimum absolute atomic E-state index is 0.0378. The van der Waals surface area contributed by atoms with Crippen molar-refractivity contribution >= 4 is 34.0 Å². The zero-order chi connectivity index (χ0) is 28.5. The van der Waals surface area contributed by atoms with E-state index in [0.717, 1.165) is 0 Å². The third kappa shape index (κ3) is 4.83. The smallest absolute Gasteiger partial charge is 0.281 e. The number of benzene rings is 2. The van der Waals surface area contributed by atoms with Crippen molar-refractivity contribution < 1.29 is 4.79 Å². The number of nitrogens with zero attached hydrogens (tertiary/aromatic N) is 7. The van der Waals surface area contributed by atoms with Crippen molar-refractivity contribution in [3.63, 3.8) is 0 Å². The summed E-state index contributed by atoms with van der Waals surface area (Å²) in [4.78, 5) is 36.5. The zero-order valence-electron chi connectivity index (χ0n) is 22.1. The van der Waals surface area contributed by atoms with Crippen LogP contribution in [-0.2, 0) is 7.05 Å². The number of hydrogen-bond acceptors (Lipinski definition) is 8. The van der Waals surface area contributed by atoms with E-state index < -0.39 is 11.9 Å². The number of nitrogen functional groups attached to an aromatic ring is 1. The molecule has 0 saturated carbocycles. The van der Waals surface area contributed by atoms with Crippen molar-refractivity contribution in [2.75, 3.05) is 11.2 Å². The van der Waals surface area contributed by atoms with Crippen LogP contribution in [0.5, 0.6) is 0 Å². The maximum Gasteiger partial charge on any atom is 0.281 e. The highest BCUT2D eigenvalue weighted by Gasteiger charge is 2.24. The highest BCUT2D eigenvalue weighted by atomic mass is 16.2. The Morgan fingerprint density at radius 3 is 2.61 bits per heavy atom. The van der Waals surface area contributed by atoms with E-state index >= 15 is 0 Å². The Bertz CT molecular complexity index is 2050. The second-order valence-electron chi connectivity index (χ2n) is 9.26. The van der Waals surface area contributed by atoms with E-state index in [1.165, 1.54) is 9.19 Å². The molecule has 6 aromatic rings. The van der Waals surface area contributed by atoms with Crippen LogP contribution in [0, 0.1) is 11.8 Å². The van der Waals surface area contributed by atoms with E-state index in [0.29, 0.717) is 33.5 Å². The number of nitrogens with one attached hydrogen (secondary N) is 2. The fraction of sp³-hybridized carbons (Fsp3) is 0.103. The average Bonchev–Trinajstić information content (AvgIpc) is 3.55. The minimum atomic E-state index is -0.725. The predicted octanol–water partition coefficient (Wildman–Crippen LogP) is 2.52. The largest absolute Gasteiger partial charge is 0.381 e. The molecule has 0 saturated heterocycles. The first-order valence-electron chi connectivity index (χ1n) is 12.7. The molecule has 41 heavy (non-hydrogen) atoms. The SMILES string of the molecule is CC(NC(=O)c1c(N)nn2cccnc12)c1nc2cccc(C#Cc3ccn(C)n3)c2c(=O)n1Nc1ccccc1. The van der Waals surface area contributed by atoms with E-state index in [4.69, 9.17) is 10.7 Å². The van der Waals surface area contributed by atoms with Crippen molar-refractivity contribution in [2.45, 2.75) is 13.0 Å². The molecular weight excluding hydrogens is 520 g/mol. The van der Waals surface area contributed by atoms with Crippen LogP contribution in [0.1, 0.15) is 40.4 Å². The molecule has 4 heterocycles. The van der Waals surface area contributed by atoms with Crippen molar-refractivity contribution in [1.29, 1.82) is 0 Å². The maximum absolute atomic E-state index is 14.1. The summed E-state index contributed by atoms with van der Waals surface area (Å²) in [5.74, 6) is 5.89. The molecule has 202 valence electrons. The molecule has 6 rings (SSSR count). The number of anilines is 2. The highest BCUT2D eigenvalue weighted by Crippen LogP contribution is 2.20. The number of carbonyl (C=O) groups excluding carboxylic acids is 1. The summed E-state index contributed by atoms with van der Waals surface area (Å²) in [6.45, 7) is 1.73. The van der Waals surface area contributed by atoms with Crippen molar-refractivity contribution in [3.8, 4) is 11.8 Å². The average molecular weight is 545 g/mol. The number of aryl methyl sites for hydroxylation is 1. The molecule has 0 aliphatic rings. The third-order valence-corrected chi connectivity index (χ3v) is 6.36. The van der Waals surface area contributed by atoms with Gasteiger partial charge >= 0.3 is 0 Å². The number of rotatable bonds is 5. The molecular formula is C29H24N10O2. The molecule has 12 nitrogen and oxygen atoms in total. The molecule has 0 aliphatic carbocycles. The highest BCUT2D eigenvalue weighted by molar-refractivity contribution is 6.04. The van der Waals surface area contributed by atoms with Gasteiger partial charge in [0.2, 0.25) is 0 Å². The van der Waals surface area contributed by atoms with Gasteiger partial charge in [0, 0.05) is 31.2 Å². The molecule has 0 aliphatic heterocycles. The Hall–Kier alpha value is -5.96. The molecule has 4 aromatic heterocycles. The molecule has 1 unspecified atom stereocenters. The fourth-order valence-corrected chi connectivity index (χ4v) is 4.46. The van der Waals surface area contributed by atoms with Gasteiger partial charge in [-0.15, -0.1) is 5.10 Å². The Kier molecular flexibility index (Phi) is 6.37. The van der Waals surface area contributed by atoms with E-state index in [9.17, 15) is 9.59 Å². The predicted molar refractivity (Wildman–Crippen MR) is 154 cm³/mol. The Labute approximate surface area is 233 Å². The summed E-state index contributed by atoms with van der Waals surface area (Å²) in [5.41, 5.74) is 11.4. The topological polar surface area (TPSA) is 150 Å². The monoisotopic (exact) mass is 544 g/mol. The second kappa shape index (κ2) is 10.3. The lowest BCUT2D eigenvalue weighted by atomic mass is 10.1. The van der Waals surface area contributed by atoms with Gasteiger partial charge in [-0.3, -0.25) is 19.7 Å². The zero-order valence-corrected chi connectivity index (χ0v) is 22.1. The Balaban J connectivity index is 1.45. The molecule has 12 heteroatoms. The first-order chi connectivity index (χ1) is 19.9.